The Bertz CT molecular complexity index is 569. The first-order chi connectivity index (χ1) is 10.5. The predicted molar refractivity (Wildman–Crippen MR) is 77.1 cm³/mol. The number of hydrogen-bond donors (Lipinski definition) is 2. The summed E-state index contributed by atoms with van der Waals surface area (Å²) in [6.07, 6.45) is -2.43. The second-order valence-corrected chi connectivity index (χ2v) is 5.04. The van der Waals surface area contributed by atoms with Crippen LogP contribution in [-0.2, 0) is 6.54 Å². The highest BCUT2D eigenvalue weighted by atomic mass is 19.4. The maximum absolute atomic E-state index is 12.7. The number of nitrogens with zero attached hydrogens (tertiary/aromatic N) is 2. The van der Waals surface area contributed by atoms with E-state index in [1.54, 1.807) is 6.20 Å². The van der Waals surface area contributed by atoms with Crippen LogP contribution in [0.4, 0.5) is 13.2 Å². The first-order valence-electron chi connectivity index (χ1n) is 6.97. The number of aromatic amines is 1. The van der Waals surface area contributed by atoms with Crippen LogP contribution < -0.4 is 0 Å². The van der Waals surface area contributed by atoms with E-state index in [2.05, 4.69) is 10.2 Å². The summed E-state index contributed by atoms with van der Waals surface area (Å²) < 4.78 is 38.0. The van der Waals surface area contributed by atoms with Gasteiger partial charge in [0.1, 0.15) is 0 Å². The van der Waals surface area contributed by atoms with Gasteiger partial charge in [-0.3, -0.25) is 10.00 Å². The number of aromatic nitrogens is 2. The molecular weight excluding hydrogens is 295 g/mol. The highest BCUT2D eigenvalue weighted by molar-refractivity contribution is 5.62. The summed E-state index contributed by atoms with van der Waals surface area (Å²) in [6.45, 7) is -0.840. The van der Waals surface area contributed by atoms with Gasteiger partial charge >= 0.3 is 6.18 Å². The third-order valence-electron chi connectivity index (χ3n) is 3.21. The lowest BCUT2D eigenvalue weighted by atomic mass is 10.1. The highest BCUT2D eigenvalue weighted by Crippen LogP contribution is 2.24. The summed E-state index contributed by atoms with van der Waals surface area (Å²) in [5, 5.41) is 15.6. The third-order valence-corrected chi connectivity index (χ3v) is 3.21. The summed E-state index contributed by atoms with van der Waals surface area (Å²) in [7, 11) is 0. The molecule has 22 heavy (non-hydrogen) atoms. The monoisotopic (exact) mass is 313 g/mol. The van der Waals surface area contributed by atoms with Crippen LogP contribution in [0.1, 0.15) is 12.0 Å². The topological polar surface area (TPSA) is 52.1 Å². The average Bonchev–Trinajstić information content (AvgIpc) is 2.92. The third kappa shape index (κ3) is 4.85. The maximum atomic E-state index is 12.7. The molecule has 4 nitrogen and oxygen atoms in total. The zero-order valence-electron chi connectivity index (χ0n) is 12.0. The first-order valence-corrected chi connectivity index (χ1v) is 6.97. The molecule has 2 N–H and O–H groups in total. The number of rotatable bonds is 7. The zero-order valence-corrected chi connectivity index (χ0v) is 12.0. The van der Waals surface area contributed by atoms with Crippen molar-refractivity contribution in [2.45, 2.75) is 19.1 Å². The molecule has 2 aromatic rings. The van der Waals surface area contributed by atoms with Crippen molar-refractivity contribution in [1.29, 1.82) is 0 Å². The van der Waals surface area contributed by atoms with Gasteiger partial charge in [0, 0.05) is 25.3 Å². The number of H-pyrrole nitrogens is 1. The Labute approximate surface area is 126 Å². The van der Waals surface area contributed by atoms with Crippen LogP contribution >= 0.6 is 0 Å². The van der Waals surface area contributed by atoms with Gasteiger partial charge in [0.05, 0.1) is 18.4 Å². The van der Waals surface area contributed by atoms with Crippen LogP contribution in [-0.4, -0.2) is 46.1 Å². The summed E-state index contributed by atoms with van der Waals surface area (Å²) in [5.41, 5.74) is 2.30. The van der Waals surface area contributed by atoms with E-state index in [1.165, 1.54) is 4.90 Å². The van der Waals surface area contributed by atoms with E-state index in [1.807, 2.05) is 30.3 Å². The Morgan fingerprint density at radius 2 is 1.91 bits per heavy atom. The second-order valence-electron chi connectivity index (χ2n) is 5.04. The van der Waals surface area contributed by atoms with E-state index in [0.29, 0.717) is 12.0 Å². The molecule has 2 rings (SSSR count). The van der Waals surface area contributed by atoms with E-state index < -0.39 is 12.7 Å². The molecule has 0 aliphatic heterocycles. The Balaban J connectivity index is 2.15. The lowest BCUT2D eigenvalue weighted by Gasteiger charge is -2.23. The Kier molecular flexibility index (Phi) is 5.57. The van der Waals surface area contributed by atoms with Crippen molar-refractivity contribution in [2.75, 3.05) is 19.7 Å². The van der Waals surface area contributed by atoms with Crippen LogP contribution in [0.5, 0.6) is 0 Å². The fraction of sp³-hybridized carbons (Fsp3) is 0.400. The summed E-state index contributed by atoms with van der Waals surface area (Å²) in [5.74, 6) is 0. The maximum Gasteiger partial charge on any atom is 0.401 e. The first kappa shape index (κ1) is 16.5. The minimum atomic E-state index is -4.27. The average molecular weight is 313 g/mol. The quantitative estimate of drug-likeness (QED) is 0.826. The van der Waals surface area contributed by atoms with Crippen molar-refractivity contribution in [2.24, 2.45) is 0 Å². The fourth-order valence-corrected chi connectivity index (χ4v) is 2.29. The van der Waals surface area contributed by atoms with Crippen molar-refractivity contribution < 1.29 is 18.3 Å². The lowest BCUT2D eigenvalue weighted by Crippen LogP contribution is -2.34. The molecule has 0 radical (unpaired) electrons. The van der Waals surface area contributed by atoms with Gasteiger partial charge in [-0.15, -0.1) is 0 Å². The molecule has 0 saturated heterocycles. The molecule has 0 bridgehead atoms. The highest BCUT2D eigenvalue weighted by Gasteiger charge is 2.30. The largest absolute Gasteiger partial charge is 0.401 e. The zero-order chi connectivity index (χ0) is 16.0. The molecule has 0 unspecified atom stereocenters. The molecule has 1 heterocycles. The van der Waals surface area contributed by atoms with Crippen LogP contribution in [0.2, 0.25) is 0 Å². The van der Waals surface area contributed by atoms with Gasteiger partial charge in [-0.2, -0.15) is 18.3 Å². The molecule has 0 saturated carbocycles. The number of halogens is 3. The summed E-state index contributed by atoms with van der Waals surface area (Å²) in [4.78, 5) is 1.27. The van der Waals surface area contributed by atoms with Crippen LogP contribution in [0.25, 0.3) is 11.3 Å². The van der Waals surface area contributed by atoms with E-state index in [0.717, 1.165) is 11.3 Å². The molecule has 0 spiro atoms. The van der Waals surface area contributed by atoms with Crippen molar-refractivity contribution in [3.8, 4) is 11.3 Å². The molecule has 120 valence electrons. The fourth-order valence-electron chi connectivity index (χ4n) is 2.29. The number of nitrogens with one attached hydrogen (secondary N) is 1. The van der Waals surface area contributed by atoms with E-state index in [4.69, 9.17) is 5.11 Å². The van der Waals surface area contributed by atoms with Gasteiger partial charge in [0.25, 0.3) is 0 Å². The standard InChI is InChI=1S/C15H18F3N3O/c16-15(17,18)11-21(7-4-8-22)10-13-9-19-20-14(13)12-5-2-1-3-6-12/h1-3,5-6,9,22H,4,7-8,10-11H2,(H,19,20). The number of alkyl halides is 3. The molecule has 1 aromatic carbocycles. The van der Waals surface area contributed by atoms with Crippen molar-refractivity contribution in [3.63, 3.8) is 0 Å². The van der Waals surface area contributed by atoms with E-state index in [-0.39, 0.29) is 19.7 Å². The van der Waals surface area contributed by atoms with Gasteiger partial charge in [0.2, 0.25) is 0 Å². The lowest BCUT2D eigenvalue weighted by molar-refractivity contribution is -0.147. The van der Waals surface area contributed by atoms with E-state index >= 15 is 0 Å². The molecule has 0 amide bonds. The normalized spacial score (nSPS) is 12.0. The number of hydrogen-bond acceptors (Lipinski definition) is 3. The van der Waals surface area contributed by atoms with Crippen molar-refractivity contribution in [3.05, 3.63) is 42.1 Å². The molecule has 0 fully saturated rings. The molecule has 0 atom stereocenters. The minimum Gasteiger partial charge on any atom is -0.396 e. The van der Waals surface area contributed by atoms with E-state index in [9.17, 15) is 13.2 Å². The number of benzene rings is 1. The smallest absolute Gasteiger partial charge is 0.396 e. The van der Waals surface area contributed by atoms with Crippen LogP contribution in [0.15, 0.2) is 36.5 Å². The molecule has 7 heteroatoms. The van der Waals surface area contributed by atoms with Crippen molar-refractivity contribution >= 4 is 0 Å². The Hall–Kier alpha value is -1.86. The second kappa shape index (κ2) is 7.42. The van der Waals surface area contributed by atoms with Crippen LogP contribution in [0.3, 0.4) is 0 Å². The van der Waals surface area contributed by atoms with Gasteiger partial charge < -0.3 is 5.11 Å². The minimum absolute atomic E-state index is 0.125. The SMILES string of the molecule is OCCCN(Cc1cn[nH]c1-c1ccccc1)CC(F)(F)F. The van der Waals surface area contributed by atoms with Gasteiger partial charge in [0.15, 0.2) is 0 Å². The van der Waals surface area contributed by atoms with Crippen LogP contribution in [0, 0.1) is 0 Å². The number of aliphatic hydroxyl groups excluding tert-OH is 1. The molecule has 1 aromatic heterocycles. The molecule has 0 aliphatic rings. The van der Waals surface area contributed by atoms with Crippen molar-refractivity contribution in [1.82, 2.24) is 15.1 Å². The Morgan fingerprint density at radius 3 is 2.55 bits per heavy atom. The summed E-state index contributed by atoms with van der Waals surface area (Å²) >= 11 is 0. The Morgan fingerprint density at radius 1 is 1.18 bits per heavy atom. The van der Waals surface area contributed by atoms with Gasteiger partial charge in [-0.25, -0.2) is 0 Å². The molecular formula is C15H18F3N3O. The van der Waals surface area contributed by atoms with Gasteiger partial charge in [-0.1, -0.05) is 30.3 Å². The number of aliphatic hydroxyl groups is 1. The van der Waals surface area contributed by atoms with Gasteiger partial charge in [-0.05, 0) is 12.0 Å². The molecule has 0 aliphatic carbocycles. The summed E-state index contributed by atoms with van der Waals surface area (Å²) in [6, 6.07) is 9.34. The predicted octanol–water partition coefficient (Wildman–Crippen LogP) is 2.82.